The monoisotopic (exact) mass is 482 g/mol. The van der Waals surface area contributed by atoms with E-state index in [1.165, 1.54) is 0 Å². The molecule has 1 fully saturated rings. The molecule has 2 heterocycles. The van der Waals surface area contributed by atoms with E-state index in [2.05, 4.69) is 15.5 Å². The first-order valence-corrected chi connectivity index (χ1v) is 11.8. The predicted octanol–water partition coefficient (Wildman–Crippen LogP) is 4.37. The van der Waals surface area contributed by atoms with Gasteiger partial charge in [0.15, 0.2) is 0 Å². The molecular weight excluding hydrogens is 456 g/mol. The van der Waals surface area contributed by atoms with Crippen LogP contribution in [0.3, 0.4) is 0 Å². The van der Waals surface area contributed by atoms with E-state index in [4.69, 9.17) is 9.15 Å². The van der Waals surface area contributed by atoms with Gasteiger partial charge >= 0.3 is 0 Å². The van der Waals surface area contributed by atoms with E-state index >= 15 is 0 Å². The molecule has 1 aliphatic heterocycles. The van der Waals surface area contributed by atoms with Crippen molar-refractivity contribution in [1.82, 2.24) is 15.1 Å². The van der Waals surface area contributed by atoms with Crippen LogP contribution in [-0.4, -0.2) is 53.2 Å². The lowest BCUT2D eigenvalue weighted by Gasteiger charge is -2.26. The summed E-state index contributed by atoms with van der Waals surface area (Å²) in [4.78, 5) is 26.9. The minimum Gasteiger partial charge on any atom is -0.416 e. The van der Waals surface area contributed by atoms with Gasteiger partial charge in [-0.1, -0.05) is 29.8 Å². The fraction of sp³-hybridized carbons (Fsp3) is 0.214. The van der Waals surface area contributed by atoms with Gasteiger partial charge in [-0.2, -0.15) is 0 Å². The lowest BCUT2D eigenvalue weighted by molar-refractivity contribution is -0.134. The molecule has 0 unspecified atom stereocenters. The number of nitrogens with zero attached hydrogens (tertiary/aromatic N) is 3. The van der Waals surface area contributed by atoms with E-state index in [1.807, 2.05) is 48.2 Å². The maximum atomic E-state index is 12.7. The molecule has 2 amide bonds. The number of rotatable bonds is 6. The van der Waals surface area contributed by atoms with Crippen molar-refractivity contribution < 1.29 is 18.7 Å². The quantitative estimate of drug-likeness (QED) is 0.438. The predicted molar refractivity (Wildman–Crippen MR) is 135 cm³/mol. The molecule has 0 radical (unpaired) electrons. The average molecular weight is 483 g/mol. The molecule has 182 valence electrons. The van der Waals surface area contributed by atoms with Crippen LogP contribution in [0.4, 0.5) is 5.69 Å². The highest BCUT2D eigenvalue weighted by Crippen LogP contribution is 2.24. The largest absolute Gasteiger partial charge is 0.416 e. The third-order valence-electron chi connectivity index (χ3n) is 6.05. The minimum atomic E-state index is -0.232. The van der Waals surface area contributed by atoms with Gasteiger partial charge in [-0.3, -0.25) is 9.59 Å². The molecule has 5 rings (SSSR count). The van der Waals surface area contributed by atoms with E-state index in [-0.39, 0.29) is 11.8 Å². The van der Waals surface area contributed by atoms with Crippen LogP contribution in [0.15, 0.2) is 77.2 Å². The fourth-order valence-corrected chi connectivity index (χ4v) is 3.93. The van der Waals surface area contributed by atoms with Gasteiger partial charge in [0.1, 0.15) is 0 Å². The first kappa shape index (κ1) is 23.4. The zero-order valence-corrected chi connectivity index (χ0v) is 19.9. The van der Waals surface area contributed by atoms with Gasteiger partial charge in [-0.05, 0) is 61.0 Å². The molecule has 1 N–H and O–H groups in total. The molecule has 1 aromatic heterocycles. The maximum Gasteiger partial charge on any atom is 0.255 e. The molecule has 0 atom stereocenters. The molecule has 0 saturated carbocycles. The number of hydrogen-bond acceptors (Lipinski definition) is 6. The molecule has 0 aliphatic carbocycles. The minimum absolute atomic E-state index is 0.0856. The van der Waals surface area contributed by atoms with E-state index in [9.17, 15) is 9.59 Å². The Hall–Kier alpha value is -4.30. The normalized spacial score (nSPS) is 13.4. The lowest BCUT2D eigenvalue weighted by atomic mass is 10.1. The molecule has 0 bridgehead atoms. The SMILES string of the molecule is Cc1ccc(-c2nnc(-c3ccc(C(=O)Nc4ccc(CC(=O)N5CCOCC5)cc4)cc3)o2)cc1. The number of hydrogen-bond donors (Lipinski definition) is 1. The number of carbonyl (C=O) groups excluding carboxylic acids is 2. The molecule has 1 aliphatic rings. The maximum absolute atomic E-state index is 12.7. The Balaban J connectivity index is 1.19. The topological polar surface area (TPSA) is 97.6 Å². The van der Waals surface area contributed by atoms with Gasteiger partial charge in [0.2, 0.25) is 17.7 Å². The molecule has 36 heavy (non-hydrogen) atoms. The number of morpholine rings is 1. The number of aryl methyl sites for hydroxylation is 1. The van der Waals surface area contributed by atoms with Crippen molar-refractivity contribution in [1.29, 1.82) is 0 Å². The summed E-state index contributed by atoms with van der Waals surface area (Å²) in [5.74, 6) is 0.689. The van der Waals surface area contributed by atoms with Crippen LogP contribution in [0, 0.1) is 6.92 Å². The second-order valence-electron chi connectivity index (χ2n) is 8.68. The van der Waals surface area contributed by atoms with Gasteiger partial charge in [-0.15, -0.1) is 10.2 Å². The fourth-order valence-electron chi connectivity index (χ4n) is 3.93. The van der Waals surface area contributed by atoms with Gasteiger partial charge in [0, 0.05) is 35.5 Å². The summed E-state index contributed by atoms with van der Waals surface area (Å²) in [7, 11) is 0. The number of amides is 2. The third-order valence-corrected chi connectivity index (χ3v) is 6.05. The Labute approximate surface area is 208 Å². The first-order chi connectivity index (χ1) is 17.5. The van der Waals surface area contributed by atoms with Gasteiger partial charge in [-0.25, -0.2) is 0 Å². The van der Waals surface area contributed by atoms with Crippen molar-refractivity contribution in [3.05, 3.63) is 89.5 Å². The third kappa shape index (κ3) is 5.50. The van der Waals surface area contributed by atoms with E-state index in [0.717, 1.165) is 22.3 Å². The van der Waals surface area contributed by atoms with E-state index in [0.29, 0.717) is 55.8 Å². The zero-order valence-electron chi connectivity index (χ0n) is 19.9. The van der Waals surface area contributed by atoms with Crippen LogP contribution < -0.4 is 5.32 Å². The lowest BCUT2D eigenvalue weighted by Crippen LogP contribution is -2.41. The van der Waals surface area contributed by atoms with Gasteiger partial charge < -0.3 is 19.4 Å². The Bertz CT molecular complexity index is 1340. The summed E-state index contributed by atoms with van der Waals surface area (Å²) in [5.41, 5.74) is 4.80. The Morgan fingerprint density at radius 2 is 1.42 bits per heavy atom. The smallest absolute Gasteiger partial charge is 0.255 e. The number of anilines is 1. The van der Waals surface area contributed by atoms with E-state index < -0.39 is 0 Å². The number of nitrogens with one attached hydrogen (secondary N) is 1. The first-order valence-electron chi connectivity index (χ1n) is 11.8. The summed E-state index contributed by atoms with van der Waals surface area (Å²) in [5, 5.41) is 11.2. The summed E-state index contributed by atoms with van der Waals surface area (Å²) < 4.78 is 11.1. The van der Waals surface area contributed by atoms with Crippen molar-refractivity contribution >= 4 is 17.5 Å². The summed E-state index contributed by atoms with van der Waals surface area (Å²) in [6, 6.07) is 22.2. The second kappa shape index (κ2) is 10.5. The van der Waals surface area contributed by atoms with Crippen LogP contribution in [0.5, 0.6) is 0 Å². The molecular formula is C28H26N4O4. The Kier molecular flexibility index (Phi) is 6.86. The number of benzene rings is 3. The summed E-state index contributed by atoms with van der Waals surface area (Å²) in [6.45, 7) is 4.45. The highest BCUT2D eigenvalue weighted by atomic mass is 16.5. The summed E-state index contributed by atoms with van der Waals surface area (Å²) in [6.07, 6.45) is 0.330. The van der Waals surface area contributed by atoms with Crippen molar-refractivity contribution in [2.75, 3.05) is 31.6 Å². The average Bonchev–Trinajstić information content (AvgIpc) is 3.41. The van der Waals surface area contributed by atoms with Crippen molar-refractivity contribution in [3.63, 3.8) is 0 Å². The van der Waals surface area contributed by atoms with Crippen LogP contribution in [0.25, 0.3) is 22.9 Å². The van der Waals surface area contributed by atoms with Crippen molar-refractivity contribution in [2.45, 2.75) is 13.3 Å². The molecule has 4 aromatic rings. The van der Waals surface area contributed by atoms with Crippen LogP contribution in [-0.2, 0) is 16.0 Å². The van der Waals surface area contributed by atoms with Gasteiger partial charge in [0.05, 0.1) is 19.6 Å². The molecule has 1 saturated heterocycles. The van der Waals surface area contributed by atoms with Gasteiger partial charge in [0.25, 0.3) is 5.91 Å². The Morgan fingerprint density at radius 1 is 0.833 bits per heavy atom. The Morgan fingerprint density at radius 3 is 2.03 bits per heavy atom. The number of ether oxygens (including phenoxy) is 1. The zero-order chi connectivity index (χ0) is 24.9. The van der Waals surface area contributed by atoms with E-state index in [1.54, 1.807) is 36.4 Å². The second-order valence-corrected chi connectivity index (χ2v) is 8.68. The highest BCUT2D eigenvalue weighted by molar-refractivity contribution is 6.04. The summed E-state index contributed by atoms with van der Waals surface area (Å²) >= 11 is 0. The van der Waals surface area contributed by atoms with Crippen LogP contribution in [0.2, 0.25) is 0 Å². The highest BCUT2D eigenvalue weighted by Gasteiger charge is 2.17. The van der Waals surface area contributed by atoms with Crippen LogP contribution in [0.1, 0.15) is 21.5 Å². The molecule has 8 heteroatoms. The number of carbonyl (C=O) groups is 2. The molecule has 3 aromatic carbocycles. The number of aromatic nitrogens is 2. The van der Waals surface area contributed by atoms with Crippen molar-refractivity contribution in [3.8, 4) is 22.9 Å². The standard InChI is InChI=1S/C28H26N4O4/c1-19-2-6-22(7-3-19)27-30-31-28(36-27)23-10-8-21(9-11-23)26(34)29-24-12-4-20(5-13-24)18-25(33)32-14-16-35-17-15-32/h2-13H,14-18H2,1H3,(H,29,34). The van der Waals surface area contributed by atoms with Crippen LogP contribution >= 0.6 is 0 Å². The van der Waals surface area contributed by atoms with Crippen molar-refractivity contribution in [2.24, 2.45) is 0 Å². The molecule has 0 spiro atoms. The molecule has 8 nitrogen and oxygen atoms in total.